The number of para-hydroxylation sites is 1. The van der Waals surface area contributed by atoms with Gasteiger partial charge in [0.15, 0.2) is 0 Å². The molecular formula is C23H29Cl2N3O4S. The van der Waals surface area contributed by atoms with Crippen LogP contribution in [0.2, 0.25) is 10.0 Å². The average molecular weight is 514 g/mol. The molecule has 2 rings (SSSR count). The molecule has 0 aliphatic carbocycles. The largest absolute Gasteiger partial charge is 0.354 e. The van der Waals surface area contributed by atoms with Crippen LogP contribution in [0.3, 0.4) is 0 Å². The Hall–Kier alpha value is -2.29. The molecule has 1 atom stereocenters. The quantitative estimate of drug-likeness (QED) is 0.520. The van der Waals surface area contributed by atoms with E-state index < -0.39 is 28.5 Å². The van der Waals surface area contributed by atoms with E-state index in [0.717, 1.165) is 10.6 Å². The smallest absolute Gasteiger partial charge is 0.244 e. The van der Waals surface area contributed by atoms with Crippen molar-refractivity contribution < 1.29 is 18.0 Å². The zero-order chi connectivity index (χ0) is 24.8. The molecule has 1 N–H and O–H groups in total. The zero-order valence-corrected chi connectivity index (χ0v) is 21.4. The first-order chi connectivity index (χ1) is 15.4. The maximum Gasteiger partial charge on any atom is 0.244 e. The lowest BCUT2D eigenvalue weighted by molar-refractivity contribution is -0.139. The van der Waals surface area contributed by atoms with Gasteiger partial charge >= 0.3 is 0 Å². The van der Waals surface area contributed by atoms with Gasteiger partial charge in [-0.15, -0.1) is 0 Å². The number of anilines is 1. The number of carbonyl (C=O) groups is 2. The minimum Gasteiger partial charge on any atom is -0.354 e. The highest BCUT2D eigenvalue weighted by atomic mass is 35.5. The van der Waals surface area contributed by atoms with Crippen LogP contribution in [0.25, 0.3) is 0 Å². The molecule has 0 spiro atoms. The maximum atomic E-state index is 13.4. The van der Waals surface area contributed by atoms with Crippen molar-refractivity contribution >= 4 is 50.7 Å². The Balaban J connectivity index is 2.40. The molecule has 0 heterocycles. The van der Waals surface area contributed by atoms with E-state index >= 15 is 0 Å². The Kier molecular flexibility index (Phi) is 9.57. The van der Waals surface area contributed by atoms with Crippen LogP contribution in [-0.2, 0) is 26.2 Å². The van der Waals surface area contributed by atoms with Crippen molar-refractivity contribution in [3.8, 4) is 0 Å². The second-order valence-corrected chi connectivity index (χ2v) is 10.9. The lowest BCUT2D eigenvalue weighted by Gasteiger charge is -2.32. The summed E-state index contributed by atoms with van der Waals surface area (Å²) in [5.74, 6) is -0.694. The predicted molar refractivity (Wildman–Crippen MR) is 133 cm³/mol. The van der Waals surface area contributed by atoms with E-state index in [1.54, 1.807) is 55.5 Å². The highest BCUT2D eigenvalue weighted by Gasteiger charge is 2.30. The topological polar surface area (TPSA) is 86.8 Å². The van der Waals surface area contributed by atoms with Crippen LogP contribution in [0.5, 0.6) is 0 Å². The summed E-state index contributed by atoms with van der Waals surface area (Å²) in [5.41, 5.74) is 0.823. The Morgan fingerprint density at radius 3 is 2.06 bits per heavy atom. The summed E-state index contributed by atoms with van der Waals surface area (Å²) in [5, 5.41) is 3.51. The first-order valence-electron chi connectivity index (χ1n) is 10.4. The fraction of sp³-hybridized carbons (Fsp3) is 0.391. The molecular weight excluding hydrogens is 485 g/mol. The lowest BCUT2D eigenvalue weighted by Crippen LogP contribution is -2.51. The minimum absolute atomic E-state index is 0.0556. The molecule has 180 valence electrons. The van der Waals surface area contributed by atoms with E-state index in [4.69, 9.17) is 23.2 Å². The van der Waals surface area contributed by atoms with Crippen LogP contribution in [-0.4, -0.2) is 50.5 Å². The third kappa shape index (κ3) is 7.62. The molecule has 7 nitrogen and oxygen atoms in total. The van der Waals surface area contributed by atoms with Crippen molar-refractivity contribution in [1.29, 1.82) is 0 Å². The van der Waals surface area contributed by atoms with Crippen molar-refractivity contribution in [2.24, 2.45) is 5.92 Å². The monoisotopic (exact) mass is 513 g/mol. The summed E-state index contributed by atoms with van der Waals surface area (Å²) in [6.45, 7) is 5.41. The number of halogens is 2. The van der Waals surface area contributed by atoms with Gasteiger partial charge in [0.1, 0.15) is 12.6 Å². The molecule has 0 aromatic heterocycles. The summed E-state index contributed by atoms with van der Waals surface area (Å²) in [7, 11) is -3.77. The number of hydrogen-bond donors (Lipinski definition) is 1. The Morgan fingerprint density at radius 1 is 0.970 bits per heavy atom. The van der Waals surface area contributed by atoms with Crippen LogP contribution in [0, 0.1) is 5.92 Å². The van der Waals surface area contributed by atoms with Crippen molar-refractivity contribution in [2.75, 3.05) is 23.7 Å². The van der Waals surface area contributed by atoms with Gasteiger partial charge in [0.25, 0.3) is 0 Å². The first-order valence-corrected chi connectivity index (χ1v) is 13.0. The van der Waals surface area contributed by atoms with Gasteiger partial charge in [-0.2, -0.15) is 0 Å². The molecule has 1 unspecified atom stereocenters. The zero-order valence-electron chi connectivity index (χ0n) is 19.1. The van der Waals surface area contributed by atoms with Crippen molar-refractivity contribution in [1.82, 2.24) is 10.2 Å². The first kappa shape index (κ1) is 27.0. The van der Waals surface area contributed by atoms with Crippen molar-refractivity contribution in [2.45, 2.75) is 33.4 Å². The van der Waals surface area contributed by atoms with Crippen LogP contribution in [0.1, 0.15) is 26.3 Å². The fourth-order valence-corrected chi connectivity index (χ4v) is 4.46. The normalized spacial score (nSPS) is 12.3. The number of sulfonamides is 1. The number of amides is 2. The van der Waals surface area contributed by atoms with E-state index in [1.165, 1.54) is 4.90 Å². The Labute approximate surface area is 205 Å². The van der Waals surface area contributed by atoms with E-state index in [2.05, 4.69) is 5.32 Å². The van der Waals surface area contributed by atoms with E-state index in [-0.39, 0.29) is 18.4 Å². The standard InChI is InChI=1S/C23H29Cl2N3O4S/c1-16(2)13-26-23(30)17(3)27(14-19-20(24)11-8-12-21(19)25)22(29)15-28(33(4,31)32)18-9-6-5-7-10-18/h5-12,16-17H,13-15H2,1-4H3,(H,26,30). The predicted octanol–water partition coefficient (Wildman–Crippen LogP) is 3.95. The van der Waals surface area contributed by atoms with Gasteiger partial charge in [-0.3, -0.25) is 13.9 Å². The number of rotatable bonds is 10. The summed E-state index contributed by atoms with van der Waals surface area (Å²) in [6.07, 6.45) is 1.03. The molecule has 0 saturated heterocycles. The maximum absolute atomic E-state index is 13.4. The number of hydrogen-bond acceptors (Lipinski definition) is 4. The molecule has 2 aromatic rings. The van der Waals surface area contributed by atoms with Crippen LogP contribution < -0.4 is 9.62 Å². The molecule has 33 heavy (non-hydrogen) atoms. The molecule has 10 heteroatoms. The van der Waals surface area contributed by atoms with E-state index in [0.29, 0.717) is 27.8 Å². The number of carbonyl (C=O) groups excluding carboxylic acids is 2. The Bertz CT molecular complexity index is 1060. The van der Waals surface area contributed by atoms with Gasteiger partial charge in [-0.25, -0.2) is 8.42 Å². The fourth-order valence-electron chi connectivity index (χ4n) is 3.10. The number of nitrogens with one attached hydrogen (secondary N) is 1. The summed E-state index contributed by atoms with van der Waals surface area (Å²) in [6, 6.07) is 12.4. The van der Waals surface area contributed by atoms with Crippen LogP contribution in [0.4, 0.5) is 5.69 Å². The third-order valence-corrected chi connectivity index (χ3v) is 6.81. The third-order valence-electron chi connectivity index (χ3n) is 4.97. The summed E-state index contributed by atoms with van der Waals surface area (Å²) >= 11 is 12.6. The van der Waals surface area contributed by atoms with Crippen molar-refractivity contribution in [3.63, 3.8) is 0 Å². The summed E-state index contributed by atoms with van der Waals surface area (Å²) < 4.78 is 26.0. The van der Waals surface area contributed by atoms with Gasteiger partial charge in [-0.1, -0.05) is 61.3 Å². The second kappa shape index (κ2) is 11.7. The van der Waals surface area contributed by atoms with Gasteiger partial charge in [-0.05, 0) is 37.1 Å². The van der Waals surface area contributed by atoms with Gasteiger partial charge in [0.2, 0.25) is 21.8 Å². The number of benzene rings is 2. The number of nitrogens with zero attached hydrogens (tertiary/aromatic N) is 2. The van der Waals surface area contributed by atoms with Crippen LogP contribution in [0.15, 0.2) is 48.5 Å². The molecule has 0 aliphatic rings. The molecule has 0 radical (unpaired) electrons. The van der Waals surface area contributed by atoms with Gasteiger partial charge < -0.3 is 10.2 Å². The summed E-state index contributed by atoms with van der Waals surface area (Å²) in [4.78, 5) is 27.5. The molecule has 0 bridgehead atoms. The van der Waals surface area contributed by atoms with Crippen molar-refractivity contribution in [3.05, 3.63) is 64.1 Å². The molecule has 2 amide bonds. The Morgan fingerprint density at radius 2 is 1.55 bits per heavy atom. The van der Waals surface area contributed by atoms with E-state index in [1.807, 2.05) is 13.8 Å². The average Bonchev–Trinajstić information content (AvgIpc) is 2.74. The SMILES string of the molecule is CC(C)CNC(=O)C(C)N(Cc1c(Cl)cccc1Cl)C(=O)CN(c1ccccc1)S(C)(=O)=O. The minimum atomic E-state index is -3.77. The highest BCUT2D eigenvalue weighted by Crippen LogP contribution is 2.27. The van der Waals surface area contributed by atoms with Gasteiger partial charge in [0.05, 0.1) is 11.9 Å². The van der Waals surface area contributed by atoms with E-state index in [9.17, 15) is 18.0 Å². The lowest BCUT2D eigenvalue weighted by atomic mass is 10.1. The van der Waals surface area contributed by atoms with Crippen LogP contribution >= 0.6 is 23.2 Å². The molecule has 2 aromatic carbocycles. The molecule has 0 saturated carbocycles. The second-order valence-electron chi connectivity index (χ2n) is 8.14. The molecule has 0 fully saturated rings. The van der Waals surface area contributed by atoms with Gasteiger partial charge in [0, 0.05) is 28.7 Å². The highest BCUT2D eigenvalue weighted by molar-refractivity contribution is 7.92. The molecule has 0 aliphatic heterocycles.